The molecule has 0 bridgehead atoms. The molecule has 2 unspecified atom stereocenters. The zero-order valence-corrected chi connectivity index (χ0v) is 16.5. The van der Waals surface area contributed by atoms with Crippen molar-refractivity contribution in [3.8, 4) is 0 Å². The van der Waals surface area contributed by atoms with Gasteiger partial charge in [0.25, 0.3) is 0 Å². The predicted octanol–water partition coefficient (Wildman–Crippen LogP) is 1.81. The highest BCUT2D eigenvalue weighted by Gasteiger charge is 2.27. The first-order valence-electron chi connectivity index (χ1n) is 10.2. The van der Waals surface area contributed by atoms with E-state index in [0.29, 0.717) is 12.0 Å². The molecule has 0 radical (unpaired) electrons. The van der Waals surface area contributed by atoms with Gasteiger partial charge in [-0.2, -0.15) is 0 Å². The van der Waals surface area contributed by atoms with Crippen LogP contribution in [0.5, 0.6) is 0 Å². The third-order valence-corrected chi connectivity index (χ3v) is 5.21. The van der Waals surface area contributed by atoms with E-state index in [2.05, 4.69) is 35.9 Å². The van der Waals surface area contributed by atoms with Crippen LogP contribution in [0.4, 0.5) is 0 Å². The molecule has 6 heteroatoms. The van der Waals surface area contributed by atoms with Crippen molar-refractivity contribution in [3.63, 3.8) is 0 Å². The smallest absolute Gasteiger partial charge is 0.193 e. The molecule has 2 fully saturated rings. The number of nitrogens with zero attached hydrogens (tertiary/aromatic N) is 3. The zero-order valence-electron chi connectivity index (χ0n) is 16.5. The lowest BCUT2D eigenvalue weighted by molar-refractivity contribution is 0.0893. The fourth-order valence-electron chi connectivity index (χ4n) is 3.71. The SMILES string of the molecule is CCNC(=NCCCOCC1CCOC1)N1CCC(N(CC)CC)C1. The van der Waals surface area contributed by atoms with Gasteiger partial charge in [0.15, 0.2) is 5.96 Å². The number of likely N-dealkylation sites (N-methyl/N-ethyl adjacent to an activating group) is 1. The van der Waals surface area contributed by atoms with E-state index in [1.165, 1.54) is 6.42 Å². The van der Waals surface area contributed by atoms with Gasteiger partial charge in [-0.05, 0) is 39.3 Å². The average Bonchev–Trinajstić information content (AvgIpc) is 3.30. The van der Waals surface area contributed by atoms with E-state index in [1.807, 2.05) is 0 Å². The van der Waals surface area contributed by atoms with Crippen LogP contribution in [-0.4, -0.2) is 87.5 Å². The Morgan fingerprint density at radius 2 is 2.12 bits per heavy atom. The van der Waals surface area contributed by atoms with Gasteiger partial charge in [-0.1, -0.05) is 13.8 Å². The van der Waals surface area contributed by atoms with Gasteiger partial charge in [0.1, 0.15) is 0 Å². The topological polar surface area (TPSA) is 49.3 Å². The van der Waals surface area contributed by atoms with Crippen molar-refractivity contribution >= 4 is 5.96 Å². The first-order valence-corrected chi connectivity index (χ1v) is 10.2. The van der Waals surface area contributed by atoms with Crippen LogP contribution in [0.15, 0.2) is 4.99 Å². The fraction of sp³-hybridized carbons (Fsp3) is 0.947. The van der Waals surface area contributed by atoms with Gasteiger partial charge in [-0.25, -0.2) is 0 Å². The molecular weight excluding hydrogens is 316 g/mol. The lowest BCUT2D eigenvalue weighted by Gasteiger charge is -2.27. The third kappa shape index (κ3) is 6.76. The first kappa shape index (κ1) is 20.5. The molecule has 25 heavy (non-hydrogen) atoms. The van der Waals surface area contributed by atoms with E-state index in [1.54, 1.807) is 0 Å². The molecule has 6 nitrogen and oxygen atoms in total. The molecule has 2 aliphatic heterocycles. The number of rotatable bonds is 10. The number of guanidine groups is 1. The number of nitrogens with one attached hydrogen (secondary N) is 1. The molecule has 0 aromatic heterocycles. The van der Waals surface area contributed by atoms with Crippen molar-refractivity contribution in [1.29, 1.82) is 0 Å². The van der Waals surface area contributed by atoms with Gasteiger partial charge in [0.2, 0.25) is 0 Å². The average molecular weight is 355 g/mol. The van der Waals surface area contributed by atoms with E-state index >= 15 is 0 Å². The Morgan fingerprint density at radius 3 is 2.80 bits per heavy atom. The minimum atomic E-state index is 0.599. The van der Waals surface area contributed by atoms with Gasteiger partial charge in [-0.15, -0.1) is 0 Å². The summed E-state index contributed by atoms with van der Waals surface area (Å²) in [5.41, 5.74) is 0. The Labute approximate surface area is 153 Å². The highest BCUT2D eigenvalue weighted by molar-refractivity contribution is 5.80. The molecule has 1 N–H and O–H groups in total. The highest BCUT2D eigenvalue weighted by atomic mass is 16.5. The molecule has 0 aliphatic carbocycles. The minimum absolute atomic E-state index is 0.599. The Balaban J connectivity index is 1.69. The monoisotopic (exact) mass is 354 g/mol. The predicted molar refractivity (Wildman–Crippen MR) is 103 cm³/mol. The summed E-state index contributed by atoms with van der Waals surface area (Å²) >= 11 is 0. The van der Waals surface area contributed by atoms with E-state index in [9.17, 15) is 0 Å². The Hall–Kier alpha value is -0.850. The maximum absolute atomic E-state index is 5.77. The fourth-order valence-corrected chi connectivity index (χ4v) is 3.71. The van der Waals surface area contributed by atoms with Crippen LogP contribution in [-0.2, 0) is 9.47 Å². The van der Waals surface area contributed by atoms with Crippen molar-refractivity contribution in [2.75, 3.05) is 65.7 Å². The number of hydrogen-bond acceptors (Lipinski definition) is 4. The molecule has 2 saturated heterocycles. The van der Waals surface area contributed by atoms with Crippen molar-refractivity contribution in [3.05, 3.63) is 0 Å². The van der Waals surface area contributed by atoms with Gasteiger partial charge in [0, 0.05) is 51.4 Å². The lowest BCUT2D eigenvalue weighted by atomic mass is 10.1. The normalized spacial score (nSPS) is 24.5. The second-order valence-corrected chi connectivity index (χ2v) is 7.00. The number of likely N-dealkylation sites (tertiary alicyclic amines) is 1. The van der Waals surface area contributed by atoms with Crippen LogP contribution in [0.25, 0.3) is 0 Å². The molecule has 0 saturated carbocycles. The Bertz CT molecular complexity index is 382. The van der Waals surface area contributed by atoms with Crippen LogP contribution >= 0.6 is 0 Å². The summed E-state index contributed by atoms with van der Waals surface area (Å²) in [4.78, 5) is 9.80. The molecule has 0 spiro atoms. The molecule has 0 aromatic rings. The summed E-state index contributed by atoms with van der Waals surface area (Å²) < 4.78 is 11.1. The van der Waals surface area contributed by atoms with Crippen molar-refractivity contribution in [2.24, 2.45) is 10.9 Å². The maximum Gasteiger partial charge on any atom is 0.193 e. The zero-order chi connectivity index (χ0) is 17.9. The Morgan fingerprint density at radius 1 is 1.28 bits per heavy atom. The molecule has 0 amide bonds. The lowest BCUT2D eigenvalue weighted by Crippen LogP contribution is -2.43. The van der Waals surface area contributed by atoms with Gasteiger partial charge in [0.05, 0.1) is 13.2 Å². The van der Waals surface area contributed by atoms with Crippen LogP contribution < -0.4 is 5.32 Å². The summed E-state index contributed by atoms with van der Waals surface area (Å²) in [6, 6.07) is 0.663. The van der Waals surface area contributed by atoms with E-state index in [4.69, 9.17) is 14.5 Å². The number of ether oxygens (including phenoxy) is 2. The van der Waals surface area contributed by atoms with E-state index in [0.717, 1.165) is 84.5 Å². The minimum Gasteiger partial charge on any atom is -0.381 e. The van der Waals surface area contributed by atoms with Gasteiger partial charge >= 0.3 is 0 Å². The van der Waals surface area contributed by atoms with E-state index in [-0.39, 0.29) is 0 Å². The Kier molecular flexibility index (Phi) is 9.58. The van der Waals surface area contributed by atoms with E-state index < -0.39 is 0 Å². The number of aliphatic imine (C=N–C) groups is 1. The van der Waals surface area contributed by atoms with Crippen molar-refractivity contribution < 1.29 is 9.47 Å². The summed E-state index contributed by atoms with van der Waals surface area (Å²) in [5.74, 6) is 1.67. The maximum atomic E-state index is 5.77. The summed E-state index contributed by atoms with van der Waals surface area (Å²) in [6.07, 6.45) is 3.36. The summed E-state index contributed by atoms with van der Waals surface area (Å²) in [6.45, 7) is 16.2. The summed E-state index contributed by atoms with van der Waals surface area (Å²) in [5, 5.41) is 3.46. The second kappa shape index (κ2) is 11.7. The molecular formula is C19H38N4O2. The molecule has 2 heterocycles. The molecule has 2 atom stereocenters. The molecule has 146 valence electrons. The van der Waals surface area contributed by atoms with Crippen LogP contribution in [0.2, 0.25) is 0 Å². The molecule has 2 rings (SSSR count). The van der Waals surface area contributed by atoms with Gasteiger partial charge in [-0.3, -0.25) is 9.89 Å². The second-order valence-electron chi connectivity index (χ2n) is 7.00. The largest absolute Gasteiger partial charge is 0.381 e. The van der Waals surface area contributed by atoms with Crippen LogP contribution in [0.3, 0.4) is 0 Å². The van der Waals surface area contributed by atoms with Crippen LogP contribution in [0, 0.1) is 5.92 Å². The van der Waals surface area contributed by atoms with Crippen molar-refractivity contribution in [1.82, 2.24) is 15.1 Å². The molecule has 2 aliphatic rings. The molecule has 0 aromatic carbocycles. The van der Waals surface area contributed by atoms with Crippen molar-refractivity contribution in [2.45, 2.75) is 46.1 Å². The highest BCUT2D eigenvalue weighted by Crippen LogP contribution is 2.15. The van der Waals surface area contributed by atoms with Crippen LogP contribution in [0.1, 0.15) is 40.0 Å². The quantitative estimate of drug-likeness (QED) is 0.368. The standard InChI is InChI=1S/C19H38N4O2/c1-4-20-19(23-11-8-18(14-23)22(5-2)6-3)21-10-7-12-24-15-17-9-13-25-16-17/h17-18H,4-16H2,1-3H3,(H,20,21). The first-order chi connectivity index (χ1) is 12.3. The number of hydrogen-bond donors (Lipinski definition) is 1. The third-order valence-electron chi connectivity index (χ3n) is 5.21. The van der Waals surface area contributed by atoms with Gasteiger partial charge < -0.3 is 19.7 Å². The summed E-state index contributed by atoms with van der Waals surface area (Å²) in [7, 11) is 0.